The Balaban J connectivity index is 1.48. The van der Waals surface area contributed by atoms with Gasteiger partial charge in [-0.3, -0.25) is 0 Å². The Hall–Kier alpha value is -2.38. The standard InChI is InChI=1S/C20H23N3O3S/c1-13(2)19(14-6-7-15-16(11-14)25-9-4-8-24-15)21-12-18-22-20(23-26-18)17-5-3-10-27-17/h3,5-7,10-11,13,19,21H,4,8-9,12H2,1-2H3/t19-/m1/s1. The molecular formula is C20H23N3O3S. The number of nitrogens with zero attached hydrogens (tertiary/aromatic N) is 2. The van der Waals surface area contributed by atoms with E-state index in [4.69, 9.17) is 14.0 Å². The summed E-state index contributed by atoms with van der Waals surface area (Å²) in [4.78, 5) is 5.49. The first kappa shape index (κ1) is 18.0. The molecule has 3 heterocycles. The average Bonchev–Trinajstić information content (AvgIpc) is 3.29. The minimum absolute atomic E-state index is 0.138. The molecule has 0 aliphatic carbocycles. The highest BCUT2D eigenvalue weighted by Crippen LogP contribution is 2.34. The molecule has 3 aromatic rings. The summed E-state index contributed by atoms with van der Waals surface area (Å²) in [6.07, 6.45) is 0.902. The van der Waals surface area contributed by atoms with E-state index < -0.39 is 0 Å². The molecular weight excluding hydrogens is 362 g/mol. The van der Waals surface area contributed by atoms with Crippen LogP contribution in [-0.2, 0) is 6.54 Å². The van der Waals surface area contributed by atoms with Gasteiger partial charge in [0.15, 0.2) is 11.5 Å². The molecule has 142 valence electrons. The minimum atomic E-state index is 0.138. The third-order valence-electron chi connectivity index (χ3n) is 4.48. The second kappa shape index (κ2) is 8.10. The molecule has 0 amide bonds. The second-order valence-electron chi connectivity index (χ2n) is 6.85. The molecule has 0 saturated carbocycles. The van der Waals surface area contributed by atoms with Crippen molar-refractivity contribution in [3.63, 3.8) is 0 Å². The van der Waals surface area contributed by atoms with Crippen molar-refractivity contribution in [3.05, 3.63) is 47.2 Å². The Morgan fingerprint density at radius 3 is 2.78 bits per heavy atom. The van der Waals surface area contributed by atoms with E-state index in [-0.39, 0.29) is 6.04 Å². The third-order valence-corrected chi connectivity index (χ3v) is 5.35. The van der Waals surface area contributed by atoms with Crippen LogP contribution >= 0.6 is 11.3 Å². The zero-order chi connectivity index (χ0) is 18.6. The summed E-state index contributed by atoms with van der Waals surface area (Å²) in [7, 11) is 0. The van der Waals surface area contributed by atoms with Crippen LogP contribution in [-0.4, -0.2) is 23.4 Å². The highest BCUT2D eigenvalue weighted by molar-refractivity contribution is 7.13. The molecule has 0 unspecified atom stereocenters. The number of thiophene rings is 1. The smallest absolute Gasteiger partial charge is 0.240 e. The molecule has 1 aliphatic heterocycles. The number of ether oxygens (including phenoxy) is 2. The van der Waals surface area contributed by atoms with Crippen molar-refractivity contribution in [2.24, 2.45) is 5.92 Å². The quantitative estimate of drug-likeness (QED) is 0.676. The molecule has 1 aromatic carbocycles. The van der Waals surface area contributed by atoms with E-state index in [1.54, 1.807) is 11.3 Å². The predicted octanol–water partition coefficient (Wildman–Crippen LogP) is 4.45. The predicted molar refractivity (Wildman–Crippen MR) is 104 cm³/mol. The van der Waals surface area contributed by atoms with Crippen LogP contribution in [0, 0.1) is 5.92 Å². The number of aromatic nitrogens is 2. The molecule has 27 heavy (non-hydrogen) atoms. The van der Waals surface area contributed by atoms with Gasteiger partial charge in [-0.15, -0.1) is 11.3 Å². The van der Waals surface area contributed by atoms with Gasteiger partial charge in [-0.2, -0.15) is 4.98 Å². The molecule has 2 aromatic heterocycles. The molecule has 0 fully saturated rings. The number of rotatable bonds is 6. The van der Waals surface area contributed by atoms with Crippen LogP contribution in [0.2, 0.25) is 0 Å². The lowest BCUT2D eigenvalue weighted by atomic mass is 9.95. The van der Waals surface area contributed by atoms with E-state index in [2.05, 4.69) is 41.4 Å². The van der Waals surface area contributed by atoms with Gasteiger partial charge < -0.3 is 19.3 Å². The second-order valence-corrected chi connectivity index (χ2v) is 7.80. The summed E-state index contributed by atoms with van der Waals surface area (Å²) >= 11 is 1.60. The lowest BCUT2D eigenvalue weighted by molar-refractivity contribution is 0.296. The van der Waals surface area contributed by atoms with E-state index in [0.29, 0.717) is 37.4 Å². The lowest BCUT2D eigenvalue weighted by Crippen LogP contribution is -2.25. The van der Waals surface area contributed by atoms with E-state index in [0.717, 1.165) is 28.4 Å². The Morgan fingerprint density at radius 2 is 2.00 bits per heavy atom. The highest BCUT2D eigenvalue weighted by atomic mass is 32.1. The first-order valence-electron chi connectivity index (χ1n) is 9.20. The molecule has 1 aliphatic rings. The van der Waals surface area contributed by atoms with Gasteiger partial charge in [0, 0.05) is 12.5 Å². The zero-order valence-corrected chi connectivity index (χ0v) is 16.3. The van der Waals surface area contributed by atoms with Crippen molar-refractivity contribution in [1.29, 1.82) is 0 Å². The monoisotopic (exact) mass is 385 g/mol. The van der Waals surface area contributed by atoms with Crippen molar-refractivity contribution < 1.29 is 14.0 Å². The summed E-state index contributed by atoms with van der Waals surface area (Å²) in [6, 6.07) is 10.3. The lowest BCUT2D eigenvalue weighted by Gasteiger charge is -2.23. The van der Waals surface area contributed by atoms with Crippen LogP contribution in [0.5, 0.6) is 11.5 Å². The van der Waals surface area contributed by atoms with Crippen LogP contribution in [0.25, 0.3) is 10.7 Å². The van der Waals surface area contributed by atoms with E-state index in [1.807, 2.05) is 23.6 Å². The fourth-order valence-electron chi connectivity index (χ4n) is 3.14. The maximum absolute atomic E-state index is 5.83. The summed E-state index contributed by atoms with van der Waals surface area (Å²) in [6.45, 7) is 6.26. The summed E-state index contributed by atoms with van der Waals surface area (Å²) in [5.41, 5.74) is 1.16. The highest BCUT2D eigenvalue weighted by Gasteiger charge is 2.20. The fourth-order valence-corrected chi connectivity index (χ4v) is 3.79. The van der Waals surface area contributed by atoms with Gasteiger partial charge in [0.25, 0.3) is 0 Å². The van der Waals surface area contributed by atoms with E-state index in [9.17, 15) is 0 Å². The largest absolute Gasteiger partial charge is 0.490 e. The summed E-state index contributed by atoms with van der Waals surface area (Å²) in [5.74, 6) is 3.23. The van der Waals surface area contributed by atoms with Crippen LogP contribution in [0.3, 0.4) is 0 Å². The van der Waals surface area contributed by atoms with E-state index in [1.165, 1.54) is 0 Å². The SMILES string of the molecule is CC(C)[C@@H](NCc1nc(-c2cccs2)no1)c1ccc2c(c1)OCCCO2. The van der Waals surface area contributed by atoms with Crippen molar-refractivity contribution in [2.75, 3.05) is 13.2 Å². The molecule has 0 saturated heterocycles. The number of benzene rings is 1. The first-order valence-corrected chi connectivity index (χ1v) is 10.1. The van der Waals surface area contributed by atoms with Gasteiger partial charge in [0.1, 0.15) is 0 Å². The van der Waals surface area contributed by atoms with Gasteiger partial charge in [-0.1, -0.05) is 31.1 Å². The van der Waals surface area contributed by atoms with Gasteiger partial charge >= 0.3 is 0 Å². The van der Waals surface area contributed by atoms with E-state index >= 15 is 0 Å². The maximum Gasteiger partial charge on any atom is 0.240 e. The van der Waals surface area contributed by atoms with Crippen molar-refractivity contribution in [1.82, 2.24) is 15.5 Å². The number of nitrogens with one attached hydrogen (secondary N) is 1. The number of fused-ring (bicyclic) bond motifs is 1. The molecule has 7 heteroatoms. The summed E-state index contributed by atoms with van der Waals surface area (Å²) < 4.78 is 17.0. The Kier molecular flexibility index (Phi) is 5.40. The van der Waals surface area contributed by atoms with Gasteiger partial charge in [0.05, 0.1) is 24.6 Å². The Morgan fingerprint density at radius 1 is 1.15 bits per heavy atom. The van der Waals surface area contributed by atoms with Crippen molar-refractivity contribution in [3.8, 4) is 22.2 Å². The maximum atomic E-state index is 5.83. The van der Waals surface area contributed by atoms with Gasteiger partial charge in [-0.25, -0.2) is 0 Å². The molecule has 6 nitrogen and oxygen atoms in total. The normalized spacial score (nSPS) is 14.9. The number of hydrogen-bond acceptors (Lipinski definition) is 7. The Labute approximate surface area is 162 Å². The Bertz CT molecular complexity index is 876. The first-order chi connectivity index (χ1) is 13.2. The van der Waals surface area contributed by atoms with Crippen LogP contribution < -0.4 is 14.8 Å². The summed E-state index contributed by atoms with van der Waals surface area (Å²) in [5, 5.41) is 9.62. The molecule has 0 bridgehead atoms. The van der Waals surface area contributed by atoms with Crippen molar-refractivity contribution >= 4 is 11.3 Å². The zero-order valence-electron chi connectivity index (χ0n) is 15.5. The van der Waals surface area contributed by atoms with Crippen molar-refractivity contribution in [2.45, 2.75) is 32.9 Å². The third kappa shape index (κ3) is 4.14. The molecule has 4 rings (SSSR count). The molecule has 0 spiro atoms. The topological polar surface area (TPSA) is 69.4 Å². The number of hydrogen-bond donors (Lipinski definition) is 1. The minimum Gasteiger partial charge on any atom is -0.490 e. The van der Waals surface area contributed by atoms with Crippen LogP contribution in [0.1, 0.15) is 37.8 Å². The molecule has 1 N–H and O–H groups in total. The molecule has 1 atom stereocenters. The molecule has 0 radical (unpaired) electrons. The van der Waals surface area contributed by atoms with Gasteiger partial charge in [-0.05, 0) is 35.1 Å². The van der Waals surface area contributed by atoms with Gasteiger partial charge in [0.2, 0.25) is 11.7 Å². The average molecular weight is 385 g/mol. The van der Waals surface area contributed by atoms with Crippen LogP contribution in [0.4, 0.5) is 0 Å². The fraction of sp³-hybridized carbons (Fsp3) is 0.400. The van der Waals surface area contributed by atoms with Crippen LogP contribution in [0.15, 0.2) is 40.2 Å².